The number of hydrogen-bond donors (Lipinski definition) is 2. The Labute approximate surface area is 118 Å². The van der Waals surface area contributed by atoms with Gasteiger partial charge in [0, 0.05) is 19.1 Å². The molecule has 106 valence electrons. The van der Waals surface area contributed by atoms with E-state index in [0.717, 1.165) is 38.0 Å². The fourth-order valence-electron chi connectivity index (χ4n) is 2.74. The van der Waals surface area contributed by atoms with Crippen molar-refractivity contribution in [2.75, 3.05) is 25.0 Å². The number of H-pyrrole nitrogens is 1. The van der Waals surface area contributed by atoms with Gasteiger partial charge in [-0.05, 0) is 31.5 Å². The Morgan fingerprint density at radius 3 is 2.85 bits per heavy atom. The standard InChI is InChI=1S/C15H20N4O/c1-2-19-9-7-11(8-10-19)16-15-17-13-6-4-3-5-12(13)14(20)18-15/h3-6,11H,2,7-10H2,1H3,(H2,16,17,18,20). The molecule has 5 nitrogen and oxygen atoms in total. The summed E-state index contributed by atoms with van der Waals surface area (Å²) in [4.78, 5) is 21.8. The normalized spacial score (nSPS) is 17.4. The fraction of sp³-hybridized carbons (Fsp3) is 0.467. The highest BCUT2D eigenvalue weighted by Crippen LogP contribution is 2.14. The Morgan fingerprint density at radius 1 is 1.35 bits per heavy atom. The van der Waals surface area contributed by atoms with Crippen molar-refractivity contribution in [1.29, 1.82) is 0 Å². The van der Waals surface area contributed by atoms with E-state index in [1.807, 2.05) is 18.2 Å². The van der Waals surface area contributed by atoms with Crippen molar-refractivity contribution in [2.45, 2.75) is 25.8 Å². The highest BCUT2D eigenvalue weighted by atomic mass is 16.1. The average Bonchev–Trinajstić information content (AvgIpc) is 2.48. The molecule has 0 aliphatic carbocycles. The number of aromatic nitrogens is 2. The quantitative estimate of drug-likeness (QED) is 0.894. The third-order valence-corrected chi connectivity index (χ3v) is 3.99. The van der Waals surface area contributed by atoms with Crippen molar-refractivity contribution in [3.05, 3.63) is 34.6 Å². The molecule has 0 radical (unpaired) electrons. The zero-order valence-corrected chi connectivity index (χ0v) is 11.7. The Bertz CT molecular complexity index is 644. The van der Waals surface area contributed by atoms with E-state index in [2.05, 4.69) is 27.1 Å². The summed E-state index contributed by atoms with van der Waals surface area (Å²) in [5, 5.41) is 4.00. The highest BCUT2D eigenvalue weighted by molar-refractivity contribution is 5.78. The van der Waals surface area contributed by atoms with Crippen LogP contribution in [0.3, 0.4) is 0 Å². The lowest BCUT2D eigenvalue weighted by Gasteiger charge is -2.31. The first-order chi connectivity index (χ1) is 9.76. The van der Waals surface area contributed by atoms with Crippen molar-refractivity contribution >= 4 is 16.9 Å². The zero-order valence-electron chi connectivity index (χ0n) is 11.7. The molecule has 3 rings (SSSR count). The SMILES string of the molecule is CCN1CCC(Nc2nc3ccccc3c(=O)[nH]2)CC1. The molecule has 2 heterocycles. The number of rotatable bonds is 3. The molecule has 0 saturated carbocycles. The van der Waals surface area contributed by atoms with E-state index in [4.69, 9.17) is 0 Å². The van der Waals surface area contributed by atoms with Gasteiger partial charge in [0.2, 0.25) is 5.95 Å². The van der Waals surface area contributed by atoms with E-state index >= 15 is 0 Å². The molecule has 2 N–H and O–H groups in total. The topological polar surface area (TPSA) is 61.0 Å². The van der Waals surface area contributed by atoms with Gasteiger partial charge in [0.1, 0.15) is 0 Å². The van der Waals surface area contributed by atoms with Crippen LogP contribution in [0.15, 0.2) is 29.1 Å². The Hall–Kier alpha value is -1.88. The second-order valence-corrected chi connectivity index (χ2v) is 5.28. The second-order valence-electron chi connectivity index (χ2n) is 5.28. The molecule has 0 unspecified atom stereocenters. The summed E-state index contributed by atoms with van der Waals surface area (Å²) in [7, 11) is 0. The first kappa shape index (κ1) is 13.1. The van der Waals surface area contributed by atoms with E-state index in [1.54, 1.807) is 6.07 Å². The van der Waals surface area contributed by atoms with Gasteiger partial charge in [-0.3, -0.25) is 9.78 Å². The van der Waals surface area contributed by atoms with Gasteiger partial charge in [-0.1, -0.05) is 19.1 Å². The monoisotopic (exact) mass is 272 g/mol. The minimum Gasteiger partial charge on any atom is -0.353 e. The van der Waals surface area contributed by atoms with Crippen LogP contribution in [0, 0.1) is 0 Å². The molecule has 0 bridgehead atoms. The largest absolute Gasteiger partial charge is 0.353 e. The number of nitrogens with zero attached hydrogens (tertiary/aromatic N) is 2. The van der Waals surface area contributed by atoms with E-state index in [0.29, 0.717) is 17.4 Å². The van der Waals surface area contributed by atoms with Crippen LogP contribution in [0.4, 0.5) is 5.95 Å². The molecule has 0 amide bonds. The van der Waals surface area contributed by atoms with Crippen molar-refractivity contribution in [1.82, 2.24) is 14.9 Å². The fourth-order valence-corrected chi connectivity index (χ4v) is 2.74. The van der Waals surface area contributed by atoms with Crippen LogP contribution < -0.4 is 10.9 Å². The summed E-state index contributed by atoms with van der Waals surface area (Å²) >= 11 is 0. The van der Waals surface area contributed by atoms with Gasteiger partial charge in [0.15, 0.2) is 0 Å². The molecule has 1 fully saturated rings. The smallest absolute Gasteiger partial charge is 0.260 e. The van der Waals surface area contributed by atoms with Crippen molar-refractivity contribution < 1.29 is 0 Å². The summed E-state index contributed by atoms with van der Waals surface area (Å²) in [5.74, 6) is 0.587. The van der Waals surface area contributed by atoms with E-state index in [-0.39, 0.29) is 5.56 Å². The number of anilines is 1. The average molecular weight is 272 g/mol. The number of aromatic amines is 1. The molecule has 1 aromatic carbocycles. The van der Waals surface area contributed by atoms with Crippen LogP contribution in [0.2, 0.25) is 0 Å². The minimum absolute atomic E-state index is 0.0795. The molecule has 1 aromatic heterocycles. The molecule has 0 atom stereocenters. The molecular formula is C15H20N4O. The lowest BCUT2D eigenvalue weighted by atomic mass is 10.1. The van der Waals surface area contributed by atoms with Gasteiger partial charge in [0.05, 0.1) is 10.9 Å². The number of piperidine rings is 1. The van der Waals surface area contributed by atoms with Crippen molar-refractivity contribution in [3.63, 3.8) is 0 Å². The molecule has 20 heavy (non-hydrogen) atoms. The third kappa shape index (κ3) is 2.67. The highest BCUT2D eigenvalue weighted by Gasteiger charge is 2.18. The number of fused-ring (bicyclic) bond motifs is 1. The second kappa shape index (κ2) is 5.63. The summed E-state index contributed by atoms with van der Waals surface area (Å²) in [5.41, 5.74) is 0.661. The Balaban J connectivity index is 1.77. The molecule has 2 aromatic rings. The molecule has 1 saturated heterocycles. The number of likely N-dealkylation sites (tertiary alicyclic amines) is 1. The summed E-state index contributed by atoms with van der Waals surface area (Å²) in [6.07, 6.45) is 2.18. The predicted octanol–water partition coefficient (Wildman–Crippen LogP) is 1.82. The molecule has 5 heteroatoms. The number of benzene rings is 1. The van der Waals surface area contributed by atoms with Crippen molar-refractivity contribution in [2.24, 2.45) is 0 Å². The molecule has 1 aliphatic heterocycles. The van der Waals surface area contributed by atoms with Crippen LogP contribution in [-0.2, 0) is 0 Å². The molecule has 0 spiro atoms. The Kier molecular flexibility index (Phi) is 3.69. The van der Waals surface area contributed by atoms with E-state index in [1.165, 1.54) is 0 Å². The van der Waals surface area contributed by atoms with Gasteiger partial charge in [-0.2, -0.15) is 0 Å². The molecular weight excluding hydrogens is 252 g/mol. The van der Waals surface area contributed by atoms with Crippen LogP contribution >= 0.6 is 0 Å². The van der Waals surface area contributed by atoms with Crippen LogP contribution in [0.1, 0.15) is 19.8 Å². The van der Waals surface area contributed by atoms with Crippen LogP contribution in [0.5, 0.6) is 0 Å². The number of hydrogen-bond acceptors (Lipinski definition) is 4. The first-order valence-corrected chi connectivity index (χ1v) is 7.24. The van der Waals surface area contributed by atoms with Gasteiger partial charge in [-0.25, -0.2) is 4.98 Å². The maximum absolute atomic E-state index is 12.0. The minimum atomic E-state index is -0.0795. The van der Waals surface area contributed by atoms with Gasteiger partial charge >= 0.3 is 0 Å². The number of nitrogens with one attached hydrogen (secondary N) is 2. The maximum Gasteiger partial charge on any atom is 0.260 e. The lowest BCUT2D eigenvalue weighted by molar-refractivity contribution is 0.229. The van der Waals surface area contributed by atoms with Crippen molar-refractivity contribution in [3.8, 4) is 0 Å². The van der Waals surface area contributed by atoms with Gasteiger partial charge < -0.3 is 10.2 Å². The summed E-state index contributed by atoms with van der Waals surface area (Å²) in [6, 6.07) is 7.81. The van der Waals surface area contributed by atoms with E-state index < -0.39 is 0 Å². The number of para-hydroxylation sites is 1. The summed E-state index contributed by atoms with van der Waals surface area (Å²) < 4.78 is 0. The van der Waals surface area contributed by atoms with Crippen LogP contribution in [-0.4, -0.2) is 40.5 Å². The molecule has 1 aliphatic rings. The lowest BCUT2D eigenvalue weighted by Crippen LogP contribution is -2.39. The van der Waals surface area contributed by atoms with Gasteiger partial charge in [-0.15, -0.1) is 0 Å². The first-order valence-electron chi connectivity index (χ1n) is 7.24. The zero-order chi connectivity index (χ0) is 13.9. The maximum atomic E-state index is 12.0. The predicted molar refractivity (Wildman–Crippen MR) is 81.1 cm³/mol. The Morgan fingerprint density at radius 2 is 2.10 bits per heavy atom. The van der Waals surface area contributed by atoms with Gasteiger partial charge in [0.25, 0.3) is 5.56 Å². The summed E-state index contributed by atoms with van der Waals surface area (Å²) in [6.45, 7) is 5.51. The van der Waals surface area contributed by atoms with E-state index in [9.17, 15) is 4.79 Å². The third-order valence-electron chi connectivity index (χ3n) is 3.99. The van der Waals surface area contributed by atoms with Crippen LogP contribution in [0.25, 0.3) is 10.9 Å².